The predicted molar refractivity (Wildman–Crippen MR) is 251 cm³/mol. The van der Waals surface area contributed by atoms with Crippen molar-refractivity contribution in [1.82, 2.24) is 0 Å². The van der Waals surface area contributed by atoms with Crippen LogP contribution in [0.25, 0.3) is 55.6 Å². The first-order valence-electron chi connectivity index (χ1n) is 20.9. The summed E-state index contributed by atoms with van der Waals surface area (Å²) < 4.78 is 0. The molecule has 0 saturated heterocycles. The zero-order chi connectivity index (χ0) is 40.2. The number of hydrogen-bond donors (Lipinski definition) is 0. The molecule has 284 valence electrons. The van der Waals surface area contributed by atoms with Crippen molar-refractivity contribution in [3.8, 4) is 55.6 Å². The summed E-state index contributed by atoms with van der Waals surface area (Å²) in [6, 6.07) is 76.1. The van der Waals surface area contributed by atoms with Gasteiger partial charge >= 0.3 is 0 Å². The number of rotatable bonds is 5. The molecule has 0 amide bonds. The molecule has 0 bridgehead atoms. The number of benzene rings is 9. The maximum Gasteiger partial charge on any atom is 0.0727 e. The average Bonchev–Trinajstić information content (AvgIpc) is 3.85. The molecule has 2 heteroatoms. The van der Waals surface area contributed by atoms with E-state index in [1.165, 1.54) is 89.0 Å². The Morgan fingerprint density at radius 1 is 0.350 bits per heavy atom. The Bertz CT molecular complexity index is 3180. The van der Waals surface area contributed by atoms with Crippen LogP contribution in [0.15, 0.2) is 206 Å². The molecule has 9 aromatic carbocycles. The molecule has 0 N–H and O–H groups in total. The maximum atomic E-state index is 7.08. The van der Waals surface area contributed by atoms with Crippen molar-refractivity contribution < 1.29 is 0 Å². The molecule has 0 aliphatic heterocycles. The van der Waals surface area contributed by atoms with Crippen LogP contribution in [0.1, 0.15) is 47.2 Å². The third kappa shape index (κ3) is 4.87. The van der Waals surface area contributed by atoms with Crippen LogP contribution in [0.3, 0.4) is 0 Å². The maximum absolute atomic E-state index is 7.08. The van der Waals surface area contributed by atoms with Crippen LogP contribution in [-0.4, -0.2) is 0 Å². The summed E-state index contributed by atoms with van der Waals surface area (Å²) in [5, 5.41) is 0.737. The topological polar surface area (TPSA) is 3.24 Å². The Labute approximate surface area is 356 Å². The summed E-state index contributed by atoms with van der Waals surface area (Å²) in [5.41, 5.74) is 22.8. The van der Waals surface area contributed by atoms with Crippen LogP contribution in [0.5, 0.6) is 0 Å². The van der Waals surface area contributed by atoms with Gasteiger partial charge in [0.05, 0.1) is 11.1 Å². The Balaban J connectivity index is 1.13. The minimum absolute atomic E-state index is 0.148. The van der Waals surface area contributed by atoms with Gasteiger partial charge in [0.2, 0.25) is 0 Å². The van der Waals surface area contributed by atoms with E-state index in [9.17, 15) is 0 Å². The number of anilines is 3. The van der Waals surface area contributed by atoms with Gasteiger partial charge in [-0.15, -0.1) is 0 Å². The summed E-state index contributed by atoms with van der Waals surface area (Å²) in [4.78, 5) is 2.49. The van der Waals surface area contributed by atoms with Crippen LogP contribution in [0.2, 0.25) is 5.02 Å². The third-order valence-corrected chi connectivity index (χ3v) is 13.8. The van der Waals surface area contributed by atoms with Crippen molar-refractivity contribution in [3.63, 3.8) is 0 Å². The molecule has 3 aliphatic rings. The summed E-state index contributed by atoms with van der Waals surface area (Å²) in [6.45, 7) is 4.73. The fourth-order valence-corrected chi connectivity index (χ4v) is 11.0. The standard InChI is InChI=1S/C58H40ClN/c1-57(2)49-20-11-9-18-44(49)46-33-30-43(36-52(46)57)60(42-28-24-39(25-29-42)37-14-5-3-6-15-37)55-23-13-22-51-56(55)48-32-27-41(59)35-54(48)58(51)50-21-12-10-19-45(50)47-31-26-40(34-53(47)58)38-16-7-4-8-17-38/h3-36H,1-2H3. The van der Waals surface area contributed by atoms with Crippen molar-refractivity contribution in [2.75, 3.05) is 4.90 Å². The van der Waals surface area contributed by atoms with Gasteiger partial charge in [-0.05, 0) is 132 Å². The Morgan fingerprint density at radius 2 is 0.867 bits per heavy atom. The van der Waals surface area contributed by atoms with E-state index in [0.717, 1.165) is 22.1 Å². The van der Waals surface area contributed by atoms with Crippen molar-refractivity contribution in [2.24, 2.45) is 0 Å². The largest absolute Gasteiger partial charge is 0.310 e. The summed E-state index contributed by atoms with van der Waals surface area (Å²) in [7, 11) is 0. The SMILES string of the molecule is CC1(C)c2ccccc2-c2ccc(N(c3ccc(-c4ccccc4)cc3)c3cccc4c3-c3ccc(Cl)cc3C43c4ccccc4-c4ccc(-c5ccccc5)cc43)cc21. The lowest BCUT2D eigenvalue weighted by Crippen LogP contribution is -2.26. The Hall–Kier alpha value is -6.93. The molecular formula is C58H40ClN. The van der Waals surface area contributed by atoms with E-state index in [1.807, 2.05) is 0 Å². The second-order valence-corrected chi connectivity index (χ2v) is 17.4. The molecular weight excluding hydrogens is 746 g/mol. The van der Waals surface area contributed by atoms with Gasteiger partial charge in [0, 0.05) is 27.4 Å². The lowest BCUT2D eigenvalue weighted by atomic mass is 9.70. The van der Waals surface area contributed by atoms with E-state index < -0.39 is 5.41 Å². The van der Waals surface area contributed by atoms with Crippen LogP contribution in [-0.2, 0) is 10.8 Å². The second-order valence-electron chi connectivity index (χ2n) is 17.0. The van der Waals surface area contributed by atoms with Crippen LogP contribution in [0.4, 0.5) is 17.1 Å². The number of halogens is 1. The first-order valence-corrected chi connectivity index (χ1v) is 21.2. The van der Waals surface area contributed by atoms with Crippen LogP contribution >= 0.6 is 11.6 Å². The lowest BCUT2D eigenvalue weighted by molar-refractivity contribution is 0.660. The molecule has 0 heterocycles. The minimum atomic E-state index is -0.577. The first-order chi connectivity index (χ1) is 29.4. The van der Waals surface area contributed by atoms with Gasteiger partial charge in [0.15, 0.2) is 0 Å². The van der Waals surface area contributed by atoms with Crippen LogP contribution in [0, 0.1) is 0 Å². The van der Waals surface area contributed by atoms with Crippen LogP contribution < -0.4 is 4.90 Å². The molecule has 0 saturated carbocycles. The zero-order valence-corrected chi connectivity index (χ0v) is 34.2. The molecule has 1 unspecified atom stereocenters. The number of nitrogens with zero attached hydrogens (tertiary/aromatic N) is 1. The van der Waals surface area contributed by atoms with Gasteiger partial charge in [0.25, 0.3) is 0 Å². The highest BCUT2D eigenvalue weighted by atomic mass is 35.5. The van der Waals surface area contributed by atoms with Crippen molar-refractivity contribution in [1.29, 1.82) is 0 Å². The van der Waals surface area contributed by atoms with Gasteiger partial charge < -0.3 is 4.90 Å². The van der Waals surface area contributed by atoms with E-state index in [2.05, 4.69) is 225 Å². The van der Waals surface area contributed by atoms with E-state index in [4.69, 9.17) is 11.6 Å². The highest BCUT2D eigenvalue weighted by molar-refractivity contribution is 6.31. The van der Waals surface area contributed by atoms with Gasteiger partial charge in [-0.25, -0.2) is 0 Å². The number of fused-ring (bicyclic) bond motifs is 13. The first kappa shape index (κ1) is 35.1. The highest BCUT2D eigenvalue weighted by Gasteiger charge is 2.53. The van der Waals surface area contributed by atoms with Gasteiger partial charge in [-0.1, -0.05) is 183 Å². The molecule has 3 aliphatic carbocycles. The molecule has 1 atom stereocenters. The van der Waals surface area contributed by atoms with E-state index >= 15 is 0 Å². The van der Waals surface area contributed by atoms with E-state index in [1.54, 1.807) is 0 Å². The predicted octanol–water partition coefficient (Wildman–Crippen LogP) is 15.8. The summed E-state index contributed by atoms with van der Waals surface area (Å²) in [5.74, 6) is 0. The molecule has 9 aromatic rings. The zero-order valence-electron chi connectivity index (χ0n) is 33.5. The van der Waals surface area contributed by atoms with E-state index in [0.29, 0.717) is 0 Å². The normalized spacial score (nSPS) is 15.8. The van der Waals surface area contributed by atoms with Crippen molar-refractivity contribution in [3.05, 3.63) is 245 Å². The monoisotopic (exact) mass is 785 g/mol. The molecule has 1 spiro atoms. The fourth-order valence-electron chi connectivity index (χ4n) is 10.9. The Morgan fingerprint density at radius 3 is 1.62 bits per heavy atom. The number of hydrogen-bond acceptors (Lipinski definition) is 1. The Kier molecular flexibility index (Phi) is 7.62. The highest BCUT2D eigenvalue weighted by Crippen LogP contribution is 2.65. The average molecular weight is 786 g/mol. The van der Waals surface area contributed by atoms with E-state index in [-0.39, 0.29) is 5.41 Å². The molecule has 12 rings (SSSR count). The van der Waals surface area contributed by atoms with Gasteiger partial charge in [0.1, 0.15) is 0 Å². The molecule has 0 aromatic heterocycles. The molecule has 0 fully saturated rings. The molecule has 0 radical (unpaired) electrons. The van der Waals surface area contributed by atoms with Gasteiger partial charge in [-0.2, -0.15) is 0 Å². The van der Waals surface area contributed by atoms with Crippen molar-refractivity contribution >= 4 is 28.7 Å². The lowest BCUT2D eigenvalue weighted by Gasteiger charge is -2.32. The van der Waals surface area contributed by atoms with Crippen molar-refractivity contribution in [2.45, 2.75) is 24.7 Å². The smallest absolute Gasteiger partial charge is 0.0727 e. The summed E-state index contributed by atoms with van der Waals surface area (Å²) >= 11 is 7.08. The summed E-state index contributed by atoms with van der Waals surface area (Å²) in [6.07, 6.45) is 0. The molecule has 60 heavy (non-hydrogen) atoms. The fraction of sp³-hybridized carbons (Fsp3) is 0.0690. The van der Waals surface area contributed by atoms with Gasteiger partial charge in [-0.3, -0.25) is 0 Å². The minimum Gasteiger partial charge on any atom is -0.310 e. The quantitative estimate of drug-likeness (QED) is 0.168. The molecule has 1 nitrogen and oxygen atoms in total. The second kappa shape index (κ2) is 13.0. The third-order valence-electron chi connectivity index (χ3n) is 13.6.